The summed E-state index contributed by atoms with van der Waals surface area (Å²) in [5.74, 6) is 1.48. The summed E-state index contributed by atoms with van der Waals surface area (Å²) >= 11 is 1.15. The van der Waals surface area contributed by atoms with Gasteiger partial charge in [-0.3, -0.25) is 9.59 Å². The summed E-state index contributed by atoms with van der Waals surface area (Å²) < 4.78 is 15.7. The number of hydrogen-bond donors (Lipinski definition) is 1. The second-order valence-corrected chi connectivity index (χ2v) is 6.90. The number of amides is 1. The maximum absolute atomic E-state index is 11.9. The molecule has 0 fully saturated rings. The van der Waals surface area contributed by atoms with Crippen molar-refractivity contribution in [2.24, 2.45) is 0 Å². The Morgan fingerprint density at radius 3 is 2.68 bits per heavy atom. The second-order valence-electron chi connectivity index (χ2n) is 5.91. The SMILES string of the molecule is Cc1cc(NC(=O)CSCC(=O)OCc2nc(-c3ccccc3)oc2C)no1. The van der Waals surface area contributed by atoms with Crippen molar-refractivity contribution in [2.45, 2.75) is 20.5 Å². The Morgan fingerprint density at radius 2 is 1.96 bits per heavy atom. The number of carbonyl (C=O) groups excluding carboxylic acids is 2. The van der Waals surface area contributed by atoms with E-state index in [2.05, 4.69) is 15.5 Å². The number of hydrogen-bond acceptors (Lipinski definition) is 8. The number of benzene rings is 1. The van der Waals surface area contributed by atoms with E-state index in [0.717, 1.165) is 17.3 Å². The fraction of sp³-hybridized carbons (Fsp3) is 0.263. The number of carbonyl (C=O) groups is 2. The molecule has 1 amide bonds. The van der Waals surface area contributed by atoms with Crippen molar-refractivity contribution in [2.75, 3.05) is 16.8 Å². The lowest BCUT2D eigenvalue weighted by Crippen LogP contribution is -2.16. The number of ether oxygens (including phenoxy) is 1. The average Bonchev–Trinajstić information content (AvgIpc) is 3.26. The van der Waals surface area contributed by atoms with Gasteiger partial charge in [0.2, 0.25) is 11.8 Å². The van der Waals surface area contributed by atoms with Crippen molar-refractivity contribution in [1.82, 2.24) is 10.1 Å². The zero-order chi connectivity index (χ0) is 19.9. The summed E-state index contributed by atoms with van der Waals surface area (Å²) in [7, 11) is 0. The summed E-state index contributed by atoms with van der Waals surface area (Å²) in [5.41, 5.74) is 1.42. The van der Waals surface area contributed by atoms with E-state index in [-0.39, 0.29) is 24.0 Å². The number of esters is 1. The standard InChI is InChI=1S/C19H19N3O5S/c1-12-8-16(22-27-12)21-17(23)10-28-11-18(24)25-9-15-13(2)26-19(20-15)14-6-4-3-5-7-14/h3-8H,9-11H2,1-2H3,(H,21,22,23). The summed E-state index contributed by atoms with van der Waals surface area (Å²) in [6.07, 6.45) is 0. The fourth-order valence-electron chi connectivity index (χ4n) is 2.29. The first kappa shape index (κ1) is 19.7. The second kappa shape index (κ2) is 9.23. The smallest absolute Gasteiger partial charge is 0.316 e. The van der Waals surface area contributed by atoms with Crippen molar-refractivity contribution in [3.8, 4) is 11.5 Å². The van der Waals surface area contributed by atoms with Crippen LogP contribution in [0.4, 0.5) is 5.82 Å². The minimum atomic E-state index is -0.432. The molecule has 1 N–H and O–H groups in total. The molecule has 2 heterocycles. The normalized spacial score (nSPS) is 10.6. The molecule has 2 aromatic heterocycles. The number of nitrogens with one attached hydrogen (secondary N) is 1. The maximum Gasteiger partial charge on any atom is 0.316 e. The molecule has 1 aromatic carbocycles. The zero-order valence-corrected chi connectivity index (χ0v) is 16.2. The fourth-order valence-corrected chi connectivity index (χ4v) is 2.90. The molecule has 3 rings (SSSR count). The topological polar surface area (TPSA) is 107 Å². The highest BCUT2D eigenvalue weighted by atomic mass is 32.2. The van der Waals surface area contributed by atoms with Crippen LogP contribution in [0.1, 0.15) is 17.2 Å². The minimum Gasteiger partial charge on any atom is -0.458 e. The lowest BCUT2D eigenvalue weighted by molar-refractivity contribution is -0.141. The van der Waals surface area contributed by atoms with Crippen LogP contribution in [0, 0.1) is 13.8 Å². The Labute approximate surface area is 165 Å². The predicted molar refractivity (Wildman–Crippen MR) is 104 cm³/mol. The third kappa shape index (κ3) is 5.46. The molecule has 0 aliphatic rings. The van der Waals surface area contributed by atoms with Crippen molar-refractivity contribution < 1.29 is 23.3 Å². The largest absolute Gasteiger partial charge is 0.458 e. The molecular formula is C19H19N3O5S. The van der Waals surface area contributed by atoms with Crippen LogP contribution < -0.4 is 5.32 Å². The van der Waals surface area contributed by atoms with Gasteiger partial charge in [-0.15, -0.1) is 11.8 Å². The van der Waals surface area contributed by atoms with Gasteiger partial charge in [-0.25, -0.2) is 4.98 Å². The highest BCUT2D eigenvalue weighted by Crippen LogP contribution is 2.21. The molecule has 0 saturated heterocycles. The van der Waals surface area contributed by atoms with Gasteiger partial charge in [0, 0.05) is 11.6 Å². The minimum absolute atomic E-state index is 0.0198. The molecule has 3 aromatic rings. The molecular weight excluding hydrogens is 382 g/mol. The van der Waals surface area contributed by atoms with E-state index in [1.54, 1.807) is 19.9 Å². The van der Waals surface area contributed by atoms with Gasteiger partial charge < -0.3 is 19.0 Å². The quantitative estimate of drug-likeness (QED) is 0.573. The first-order valence-corrected chi connectivity index (χ1v) is 9.65. The summed E-state index contributed by atoms with van der Waals surface area (Å²) in [6, 6.07) is 11.1. The van der Waals surface area contributed by atoms with E-state index in [0.29, 0.717) is 28.9 Å². The van der Waals surface area contributed by atoms with Gasteiger partial charge in [0.15, 0.2) is 5.82 Å². The van der Waals surface area contributed by atoms with Crippen LogP contribution in [-0.2, 0) is 20.9 Å². The Balaban J connectivity index is 1.41. The van der Waals surface area contributed by atoms with E-state index in [1.807, 2.05) is 30.3 Å². The van der Waals surface area contributed by atoms with Crippen LogP contribution >= 0.6 is 11.8 Å². The van der Waals surface area contributed by atoms with E-state index < -0.39 is 5.97 Å². The Hall–Kier alpha value is -3.07. The molecule has 0 bridgehead atoms. The molecule has 146 valence electrons. The van der Waals surface area contributed by atoms with Crippen molar-refractivity contribution >= 4 is 29.5 Å². The van der Waals surface area contributed by atoms with E-state index in [9.17, 15) is 9.59 Å². The number of rotatable bonds is 8. The Kier molecular flexibility index (Phi) is 6.49. The molecule has 8 nitrogen and oxygen atoms in total. The lowest BCUT2D eigenvalue weighted by Gasteiger charge is -2.03. The van der Waals surface area contributed by atoms with Crippen LogP contribution in [-0.4, -0.2) is 33.5 Å². The third-order valence-corrected chi connectivity index (χ3v) is 4.54. The van der Waals surface area contributed by atoms with Gasteiger partial charge in [-0.1, -0.05) is 23.4 Å². The van der Waals surface area contributed by atoms with Gasteiger partial charge in [0.1, 0.15) is 23.8 Å². The summed E-state index contributed by atoms with van der Waals surface area (Å²) in [4.78, 5) is 28.0. The first-order valence-electron chi connectivity index (χ1n) is 8.49. The highest BCUT2D eigenvalue weighted by Gasteiger charge is 2.14. The molecule has 0 spiro atoms. The first-order chi connectivity index (χ1) is 13.5. The number of oxazole rings is 1. The van der Waals surface area contributed by atoms with Crippen molar-refractivity contribution in [3.05, 3.63) is 53.6 Å². The molecule has 28 heavy (non-hydrogen) atoms. The molecule has 0 aliphatic heterocycles. The van der Waals surface area contributed by atoms with Crippen LogP contribution in [0.15, 0.2) is 45.3 Å². The molecule has 0 aliphatic carbocycles. The maximum atomic E-state index is 11.9. The highest BCUT2D eigenvalue weighted by molar-refractivity contribution is 8.00. The number of aryl methyl sites for hydroxylation is 2. The Morgan fingerprint density at radius 1 is 1.18 bits per heavy atom. The molecule has 0 radical (unpaired) electrons. The van der Waals surface area contributed by atoms with E-state index in [4.69, 9.17) is 13.7 Å². The van der Waals surface area contributed by atoms with Crippen LogP contribution in [0.5, 0.6) is 0 Å². The monoisotopic (exact) mass is 401 g/mol. The molecule has 0 unspecified atom stereocenters. The van der Waals surface area contributed by atoms with E-state index >= 15 is 0 Å². The molecule has 0 saturated carbocycles. The van der Waals surface area contributed by atoms with Crippen LogP contribution in [0.2, 0.25) is 0 Å². The molecule has 9 heteroatoms. The lowest BCUT2D eigenvalue weighted by atomic mass is 10.2. The van der Waals surface area contributed by atoms with Gasteiger partial charge in [-0.2, -0.15) is 0 Å². The van der Waals surface area contributed by atoms with Gasteiger partial charge >= 0.3 is 5.97 Å². The predicted octanol–water partition coefficient (Wildman–Crippen LogP) is 3.36. The number of nitrogens with zero attached hydrogens (tertiary/aromatic N) is 2. The summed E-state index contributed by atoms with van der Waals surface area (Å²) in [5, 5.41) is 6.25. The van der Waals surface area contributed by atoms with Crippen molar-refractivity contribution in [3.63, 3.8) is 0 Å². The third-order valence-electron chi connectivity index (χ3n) is 3.63. The van der Waals surface area contributed by atoms with E-state index in [1.165, 1.54) is 0 Å². The number of aromatic nitrogens is 2. The van der Waals surface area contributed by atoms with Gasteiger partial charge in [0.25, 0.3) is 0 Å². The molecule has 0 atom stereocenters. The van der Waals surface area contributed by atoms with Gasteiger partial charge in [0.05, 0.1) is 11.5 Å². The van der Waals surface area contributed by atoms with Gasteiger partial charge in [-0.05, 0) is 26.0 Å². The Bertz CT molecular complexity index is 952. The summed E-state index contributed by atoms with van der Waals surface area (Å²) in [6.45, 7) is 3.52. The van der Waals surface area contributed by atoms with Crippen LogP contribution in [0.25, 0.3) is 11.5 Å². The zero-order valence-electron chi connectivity index (χ0n) is 15.4. The number of anilines is 1. The van der Waals surface area contributed by atoms with Crippen LogP contribution in [0.3, 0.4) is 0 Å². The number of thioether (sulfide) groups is 1. The average molecular weight is 401 g/mol. The van der Waals surface area contributed by atoms with Crippen molar-refractivity contribution in [1.29, 1.82) is 0 Å².